The van der Waals surface area contributed by atoms with Crippen molar-refractivity contribution in [1.29, 1.82) is 0 Å². The Morgan fingerprint density at radius 2 is 1.87 bits per heavy atom. The van der Waals surface area contributed by atoms with Crippen molar-refractivity contribution in [3.05, 3.63) is 0 Å². The Morgan fingerprint density at radius 1 is 1.27 bits per heavy atom. The molecular formula is C10H22ClNO2S. The number of hydrogen-bond donors (Lipinski definition) is 0. The summed E-state index contributed by atoms with van der Waals surface area (Å²) in [5.41, 5.74) is 0. The molecule has 5 heteroatoms. The Hall–Kier alpha value is 0.200. The first kappa shape index (κ1) is 15.2. The van der Waals surface area contributed by atoms with Crippen LogP contribution in [0.1, 0.15) is 40.0 Å². The summed E-state index contributed by atoms with van der Waals surface area (Å²) in [6, 6.07) is 0.0232. The zero-order valence-corrected chi connectivity index (χ0v) is 11.4. The Balaban J connectivity index is 4.45. The van der Waals surface area contributed by atoms with Crippen molar-refractivity contribution in [2.75, 3.05) is 18.2 Å². The molecule has 0 unspecified atom stereocenters. The van der Waals surface area contributed by atoms with Crippen LogP contribution < -0.4 is 0 Å². The van der Waals surface area contributed by atoms with Crippen LogP contribution in [0.15, 0.2) is 0 Å². The monoisotopic (exact) mass is 255 g/mol. The summed E-state index contributed by atoms with van der Waals surface area (Å²) in [7, 11) is -3.08. The van der Waals surface area contributed by atoms with Crippen molar-refractivity contribution in [3.63, 3.8) is 0 Å². The second-order valence-corrected chi connectivity index (χ2v) is 6.34. The average molecular weight is 256 g/mol. The molecule has 0 rings (SSSR count). The van der Waals surface area contributed by atoms with Gasteiger partial charge in [0.15, 0.2) is 0 Å². The summed E-state index contributed by atoms with van der Waals surface area (Å²) in [6.45, 7) is 6.33. The van der Waals surface area contributed by atoms with Gasteiger partial charge >= 0.3 is 0 Å². The first-order chi connectivity index (χ1) is 6.95. The van der Waals surface area contributed by atoms with E-state index in [2.05, 4.69) is 0 Å². The van der Waals surface area contributed by atoms with Gasteiger partial charge in [-0.2, -0.15) is 4.31 Å². The number of hydrogen-bond acceptors (Lipinski definition) is 2. The fourth-order valence-electron chi connectivity index (χ4n) is 1.38. The number of sulfonamides is 1. The highest BCUT2D eigenvalue weighted by atomic mass is 35.5. The first-order valence-corrected chi connectivity index (χ1v) is 7.65. The molecule has 0 amide bonds. The Morgan fingerprint density at radius 3 is 2.27 bits per heavy atom. The third kappa shape index (κ3) is 5.73. The standard InChI is InChI=1S/C10H22ClNO2S/c1-4-5-9-15(13,14)12(10(2)3)8-6-7-11/h10H,4-9H2,1-3H3. The minimum atomic E-state index is -3.08. The fraction of sp³-hybridized carbons (Fsp3) is 1.00. The van der Waals surface area contributed by atoms with E-state index in [1.54, 1.807) is 4.31 Å². The molecule has 0 heterocycles. The van der Waals surface area contributed by atoms with Gasteiger partial charge in [0.25, 0.3) is 0 Å². The van der Waals surface area contributed by atoms with Crippen molar-refractivity contribution in [2.24, 2.45) is 0 Å². The van der Waals surface area contributed by atoms with Gasteiger partial charge in [0.1, 0.15) is 0 Å². The minimum absolute atomic E-state index is 0.0232. The lowest BCUT2D eigenvalue weighted by Gasteiger charge is -2.25. The normalized spacial score (nSPS) is 12.7. The van der Waals surface area contributed by atoms with Gasteiger partial charge in [-0.1, -0.05) is 13.3 Å². The van der Waals surface area contributed by atoms with E-state index in [9.17, 15) is 8.42 Å². The van der Waals surface area contributed by atoms with Gasteiger partial charge in [0.2, 0.25) is 10.0 Å². The lowest BCUT2D eigenvalue weighted by molar-refractivity contribution is 0.354. The van der Waals surface area contributed by atoms with Crippen molar-refractivity contribution in [3.8, 4) is 0 Å². The molecule has 3 nitrogen and oxygen atoms in total. The van der Waals surface area contributed by atoms with Crippen LogP contribution >= 0.6 is 11.6 Å². The van der Waals surface area contributed by atoms with Crippen LogP contribution in [0.4, 0.5) is 0 Å². The summed E-state index contributed by atoms with van der Waals surface area (Å²) < 4.78 is 25.4. The van der Waals surface area contributed by atoms with Crippen LogP contribution in [0.2, 0.25) is 0 Å². The van der Waals surface area contributed by atoms with Crippen LogP contribution in [0, 0.1) is 0 Å². The third-order valence-corrected chi connectivity index (χ3v) is 4.59. The zero-order valence-electron chi connectivity index (χ0n) is 9.87. The van der Waals surface area contributed by atoms with Crippen molar-refractivity contribution in [2.45, 2.75) is 46.1 Å². The number of unbranched alkanes of at least 4 members (excludes halogenated alkanes) is 1. The molecule has 92 valence electrons. The minimum Gasteiger partial charge on any atom is -0.212 e. The molecule has 0 aromatic rings. The Kier molecular flexibility index (Phi) is 7.57. The number of rotatable bonds is 8. The molecule has 0 bridgehead atoms. The number of nitrogens with zero attached hydrogens (tertiary/aromatic N) is 1. The molecule has 15 heavy (non-hydrogen) atoms. The van der Waals surface area contributed by atoms with Gasteiger partial charge in [0.05, 0.1) is 5.75 Å². The van der Waals surface area contributed by atoms with Crippen LogP contribution in [0.5, 0.6) is 0 Å². The molecule has 0 spiro atoms. The molecule has 0 radical (unpaired) electrons. The van der Waals surface area contributed by atoms with Gasteiger partial charge < -0.3 is 0 Å². The smallest absolute Gasteiger partial charge is 0.212 e. The van der Waals surface area contributed by atoms with E-state index in [-0.39, 0.29) is 11.8 Å². The molecule has 0 atom stereocenters. The topological polar surface area (TPSA) is 37.4 Å². The molecule has 0 aliphatic rings. The van der Waals surface area contributed by atoms with Gasteiger partial charge in [-0.25, -0.2) is 8.42 Å². The molecule has 0 N–H and O–H groups in total. The van der Waals surface area contributed by atoms with Gasteiger partial charge in [-0.15, -0.1) is 11.6 Å². The maximum atomic E-state index is 11.9. The van der Waals surface area contributed by atoms with E-state index in [4.69, 9.17) is 11.6 Å². The molecule has 0 aliphatic heterocycles. The van der Waals surface area contributed by atoms with E-state index < -0.39 is 10.0 Å². The summed E-state index contributed by atoms with van der Waals surface area (Å²) in [5, 5.41) is 0. The van der Waals surface area contributed by atoms with E-state index in [1.165, 1.54) is 0 Å². The highest BCUT2D eigenvalue weighted by molar-refractivity contribution is 7.89. The van der Waals surface area contributed by atoms with Crippen LogP contribution in [-0.2, 0) is 10.0 Å². The predicted molar refractivity (Wildman–Crippen MR) is 65.9 cm³/mol. The number of alkyl halides is 1. The van der Waals surface area contributed by atoms with Crippen molar-refractivity contribution >= 4 is 21.6 Å². The van der Waals surface area contributed by atoms with E-state index >= 15 is 0 Å². The zero-order chi connectivity index (χ0) is 11.9. The second-order valence-electron chi connectivity index (χ2n) is 3.92. The van der Waals surface area contributed by atoms with Crippen molar-refractivity contribution in [1.82, 2.24) is 4.31 Å². The lowest BCUT2D eigenvalue weighted by atomic mass is 10.4. The van der Waals surface area contributed by atoms with Gasteiger partial charge in [0, 0.05) is 18.5 Å². The maximum Gasteiger partial charge on any atom is 0.214 e. The van der Waals surface area contributed by atoms with Gasteiger partial charge in [-0.3, -0.25) is 0 Å². The molecule has 0 aromatic carbocycles. The summed E-state index contributed by atoms with van der Waals surface area (Å²) in [5.74, 6) is 0.760. The molecule has 0 aliphatic carbocycles. The maximum absolute atomic E-state index is 11.9. The molecule has 0 saturated heterocycles. The lowest BCUT2D eigenvalue weighted by Crippen LogP contribution is -2.39. The van der Waals surface area contributed by atoms with Gasteiger partial charge in [-0.05, 0) is 26.7 Å². The summed E-state index contributed by atoms with van der Waals surface area (Å²) >= 11 is 5.58. The highest BCUT2D eigenvalue weighted by Crippen LogP contribution is 2.10. The first-order valence-electron chi connectivity index (χ1n) is 5.51. The van der Waals surface area contributed by atoms with Crippen LogP contribution in [0.3, 0.4) is 0 Å². The van der Waals surface area contributed by atoms with Crippen molar-refractivity contribution < 1.29 is 8.42 Å². The Labute approximate surface area is 98.8 Å². The highest BCUT2D eigenvalue weighted by Gasteiger charge is 2.23. The van der Waals surface area contributed by atoms with Crippen LogP contribution in [0.25, 0.3) is 0 Å². The summed E-state index contributed by atoms with van der Waals surface area (Å²) in [4.78, 5) is 0. The predicted octanol–water partition coefficient (Wildman–Crippen LogP) is 2.46. The molecular weight excluding hydrogens is 234 g/mol. The molecule has 0 saturated carbocycles. The van der Waals surface area contributed by atoms with E-state index in [0.717, 1.165) is 12.8 Å². The Bertz CT molecular complexity index is 252. The van der Waals surface area contributed by atoms with E-state index in [0.29, 0.717) is 18.8 Å². The average Bonchev–Trinajstić information content (AvgIpc) is 2.14. The fourth-order valence-corrected chi connectivity index (χ4v) is 3.44. The second kappa shape index (κ2) is 7.47. The summed E-state index contributed by atoms with van der Waals surface area (Å²) in [6.07, 6.45) is 2.35. The third-order valence-electron chi connectivity index (χ3n) is 2.20. The quantitative estimate of drug-likeness (QED) is 0.625. The molecule has 0 fully saturated rings. The van der Waals surface area contributed by atoms with E-state index in [1.807, 2.05) is 20.8 Å². The largest absolute Gasteiger partial charge is 0.214 e. The SMILES string of the molecule is CCCCS(=O)(=O)N(CCCCl)C(C)C. The van der Waals surface area contributed by atoms with Crippen LogP contribution in [-0.4, -0.2) is 36.9 Å². The number of halogens is 1. The molecule has 0 aromatic heterocycles.